The summed E-state index contributed by atoms with van der Waals surface area (Å²) in [7, 11) is -1.78. The molecule has 1 unspecified atom stereocenters. The number of aliphatic imine (C=N–C) groups is 1. The molecule has 0 aliphatic carbocycles. The molecule has 0 N–H and O–H groups in total. The van der Waals surface area contributed by atoms with Gasteiger partial charge >= 0.3 is 0 Å². The molecule has 5 nitrogen and oxygen atoms in total. The van der Waals surface area contributed by atoms with Crippen LogP contribution in [0.1, 0.15) is 32.0 Å². The molecule has 25 heavy (non-hydrogen) atoms. The van der Waals surface area contributed by atoms with Crippen molar-refractivity contribution in [1.82, 2.24) is 9.88 Å². The molecule has 6 heteroatoms. The molecule has 1 aromatic heterocycles. The maximum absolute atomic E-state index is 13.0. The summed E-state index contributed by atoms with van der Waals surface area (Å²) >= 11 is 0. The third kappa shape index (κ3) is 4.45. The van der Waals surface area contributed by atoms with E-state index in [4.69, 9.17) is 0 Å². The van der Waals surface area contributed by atoms with Crippen LogP contribution in [0.4, 0.5) is 0 Å². The fourth-order valence-electron chi connectivity index (χ4n) is 2.38. The average molecular weight is 359 g/mol. The lowest BCUT2D eigenvalue weighted by atomic mass is 10.2. The Balaban J connectivity index is 2.41. The average Bonchev–Trinajstić information content (AvgIpc) is 2.59. The topological polar surface area (TPSA) is 62.6 Å². The molecule has 134 valence electrons. The molecular formula is C19H25N3O2S. The van der Waals surface area contributed by atoms with Crippen LogP contribution in [0.2, 0.25) is 0 Å². The Morgan fingerprint density at radius 3 is 2.24 bits per heavy atom. The predicted octanol–water partition coefficient (Wildman–Crippen LogP) is 3.30. The highest BCUT2D eigenvalue weighted by Crippen LogP contribution is 2.20. The molecular weight excluding hydrogens is 334 g/mol. The molecule has 2 rings (SSSR count). The van der Waals surface area contributed by atoms with E-state index in [0.717, 1.165) is 5.56 Å². The zero-order valence-electron chi connectivity index (χ0n) is 15.3. The Labute approximate surface area is 150 Å². The zero-order chi connectivity index (χ0) is 18.6. The quantitative estimate of drug-likeness (QED) is 0.607. The second kappa shape index (κ2) is 7.78. The first-order valence-corrected chi connectivity index (χ1v) is 9.80. The number of nitrogens with zero attached hydrogens (tertiary/aromatic N) is 3. The number of aryl methyl sites for hydroxylation is 1. The van der Waals surface area contributed by atoms with Crippen molar-refractivity contribution < 1.29 is 8.42 Å². The van der Waals surface area contributed by atoms with E-state index in [1.807, 2.05) is 51.1 Å². The van der Waals surface area contributed by atoms with Crippen LogP contribution in [0.15, 0.2) is 58.5 Å². The molecule has 2 aromatic rings. The predicted molar refractivity (Wildman–Crippen MR) is 101 cm³/mol. The highest BCUT2D eigenvalue weighted by Gasteiger charge is 2.29. The van der Waals surface area contributed by atoms with Crippen LogP contribution < -0.4 is 0 Å². The van der Waals surface area contributed by atoms with Gasteiger partial charge in [0.2, 0.25) is 0 Å². The number of hydrogen-bond donors (Lipinski definition) is 0. The van der Waals surface area contributed by atoms with Gasteiger partial charge in [-0.25, -0.2) is 8.42 Å². The summed E-state index contributed by atoms with van der Waals surface area (Å²) < 4.78 is 26.0. The van der Waals surface area contributed by atoms with Crippen molar-refractivity contribution in [2.75, 3.05) is 7.05 Å². The second-order valence-corrected chi connectivity index (χ2v) is 8.57. The lowest BCUT2D eigenvalue weighted by molar-refractivity contribution is 0.457. The third-order valence-corrected chi connectivity index (χ3v) is 6.10. The summed E-state index contributed by atoms with van der Waals surface area (Å²) in [6.07, 6.45) is 1.68. The highest BCUT2D eigenvalue weighted by atomic mass is 32.2. The normalized spacial score (nSPS) is 13.8. The van der Waals surface area contributed by atoms with Crippen LogP contribution in [-0.2, 0) is 9.84 Å². The highest BCUT2D eigenvalue weighted by molar-refractivity contribution is 7.92. The van der Waals surface area contributed by atoms with Gasteiger partial charge in [-0.1, -0.05) is 23.8 Å². The van der Waals surface area contributed by atoms with Crippen LogP contribution in [0.3, 0.4) is 0 Å². The molecule has 0 radical (unpaired) electrons. The van der Waals surface area contributed by atoms with E-state index in [9.17, 15) is 8.42 Å². The van der Waals surface area contributed by atoms with Gasteiger partial charge in [-0.2, -0.15) is 0 Å². The van der Waals surface area contributed by atoms with Gasteiger partial charge in [-0.15, -0.1) is 0 Å². The fraction of sp³-hybridized carbons (Fsp3) is 0.368. The Bertz CT molecular complexity index is 829. The largest absolute Gasteiger partial charge is 0.341 e. The van der Waals surface area contributed by atoms with Crippen molar-refractivity contribution in [3.8, 4) is 0 Å². The van der Waals surface area contributed by atoms with Gasteiger partial charge in [0.05, 0.1) is 4.90 Å². The van der Waals surface area contributed by atoms with Crippen molar-refractivity contribution in [1.29, 1.82) is 0 Å². The third-order valence-electron chi connectivity index (χ3n) is 3.95. The van der Waals surface area contributed by atoms with E-state index in [-0.39, 0.29) is 6.04 Å². The van der Waals surface area contributed by atoms with Gasteiger partial charge in [-0.3, -0.25) is 9.98 Å². The number of rotatable bonds is 5. The number of benzene rings is 1. The Morgan fingerprint density at radius 2 is 1.72 bits per heavy atom. The Hall–Kier alpha value is -2.21. The molecule has 1 heterocycles. The van der Waals surface area contributed by atoms with Gasteiger partial charge in [0.1, 0.15) is 11.1 Å². The van der Waals surface area contributed by atoms with Gasteiger partial charge < -0.3 is 4.90 Å². The second-order valence-electron chi connectivity index (χ2n) is 6.33. The van der Waals surface area contributed by atoms with Crippen molar-refractivity contribution in [3.63, 3.8) is 0 Å². The molecule has 0 aliphatic heterocycles. The molecule has 0 bridgehead atoms. The molecule has 0 aliphatic rings. The van der Waals surface area contributed by atoms with Crippen LogP contribution in [0, 0.1) is 6.92 Å². The first-order valence-electron chi connectivity index (χ1n) is 8.26. The van der Waals surface area contributed by atoms with E-state index in [1.165, 1.54) is 0 Å². The van der Waals surface area contributed by atoms with E-state index < -0.39 is 15.2 Å². The number of pyridine rings is 1. The minimum Gasteiger partial charge on any atom is -0.341 e. The molecule has 1 atom stereocenters. The van der Waals surface area contributed by atoms with Gasteiger partial charge in [0.15, 0.2) is 15.7 Å². The van der Waals surface area contributed by atoms with Crippen molar-refractivity contribution in [2.24, 2.45) is 4.99 Å². The minimum absolute atomic E-state index is 0.0220. The number of sulfone groups is 1. The SMILES string of the molecule is Cc1ccc(S(=O)(=O)C(C)N(C)C(=NC(C)C)c2ccccn2)cc1. The number of hydrogen-bond acceptors (Lipinski definition) is 4. The molecule has 1 aromatic carbocycles. The summed E-state index contributed by atoms with van der Waals surface area (Å²) in [5.74, 6) is 0.568. The standard InChI is InChI=1S/C19H25N3O2S/c1-14(2)21-19(18-8-6-7-13-20-18)22(5)16(4)25(23,24)17-11-9-15(3)10-12-17/h6-14,16H,1-5H3. The summed E-state index contributed by atoms with van der Waals surface area (Å²) in [6.45, 7) is 7.51. The van der Waals surface area contributed by atoms with Crippen LogP contribution in [-0.4, -0.2) is 42.6 Å². The summed E-state index contributed by atoms with van der Waals surface area (Å²) in [4.78, 5) is 10.9. The Morgan fingerprint density at radius 1 is 1.08 bits per heavy atom. The summed E-state index contributed by atoms with van der Waals surface area (Å²) in [5.41, 5.74) is 1.68. The maximum atomic E-state index is 13.0. The van der Waals surface area contributed by atoms with E-state index in [1.54, 1.807) is 37.2 Å². The lowest BCUT2D eigenvalue weighted by Gasteiger charge is -2.28. The van der Waals surface area contributed by atoms with Crippen LogP contribution in [0.25, 0.3) is 0 Å². The fourth-order valence-corrected chi connectivity index (χ4v) is 3.81. The zero-order valence-corrected chi connectivity index (χ0v) is 16.2. The first kappa shape index (κ1) is 19.1. The van der Waals surface area contributed by atoms with E-state index >= 15 is 0 Å². The van der Waals surface area contributed by atoms with Gasteiger partial charge in [-0.05, 0) is 52.0 Å². The lowest BCUT2D eigenvalue weighted by Crippen LogP contribution is -2.41. The maximum Gasteiger partial charge on any atom is 0.199 e. The summed E-state index contributed by atoms with van der Waals surface area (Å²) in [5, 5.41) is -0.769. The van der Waals surface area contributed by atoms with Crippen molar-refractivity contribution >= 4 is 15.7 Å². The monoisotopic (exact) mass is 359 g/mol. The van der Waals surface area contributed by atoms with Crippen molar-refractivity contribution in [2.45, 2.75) is 44.0 Å². The Kier molecular flexibility index (Phi) is 5.95. The van der Waals surface area contributed by atoms with E-state index in [2.05, 4.69) is 9.98 Å². The molecule has 0 saturated carbocycles. The van der Waals surface area contributed by atoms with E-state index in [0.29, 0.717) is 16.4 Å². The van der Waals surface area contributed by atoms with Gasteiger partial charge in [0, 0.05) is 19.3 Å². The van der Waals surface area contributed by atoms with Gasteiger partial charge in [0.25, 0.3) is 0 Å². The number of aromatic nitrogens is 1. The summed E-state index contributed by atoms with van der Waals surface area (Å²) in [6, 6.07) is 12.5. The molecule has 0 amide bonds. The molecule has 0 spiro atoms. The van der Waals surface area contributed by atoms with Crippen molar-refractivity contribution in [3.05, 3.63) is 59.9 Å². The van der Waals surface area contributed by atoms with Crippen LogP contribution in [0.5, 0.6) is 0 Å². The van der Waals surface area contributed by atoms with Crippen LogP contribution >= 0.6 is 0 Å². The first-order chi connectivity index (χ1) is 11.7. The molecule has 0 fully saturated rings. The smallest absolute Gasteiger partial charge is 0.199 e. The number of amidine groups is 1. The molecule has 0 saturated heterocycles. The minimum atomic E-state index is -3.53.